The van der Waals surface area contributed by atoms with Crippen molar-refractivity contribution in [1.82, 2.24) is 4.90 Å². The van der Waals surface area contributed by atoms with E-state index in [0.29, 0.717) is 6.54 Å². The standard InChI is InChI=1S/C13H16F2N2O2/c14-10-4-1-5-11(15)13(10)16-12(19)7-17-6-2-3-9(17)8-18/h1,4-5,9,18H,2-3,6-8H2,(H,16,19)/t9-/m0/s1. The summed E-state index contributed by atoms with van der Waals surface area (Å²) in [7, 11) is 0. The highest BCUT2D eigenvalue weighted by molar-refractivity contribution is 5.92. The Balaban J connectivity index is 1.98. The number of carbonyl (C=O) groups is 1. The van der Waals surface area contributed by atoms with Gasteiger partial charge in [-0.2, -0.15) is 0 Å². The van der Waals surface area contributed by atoms with E-state index in [0.717, 1.165) is 25.0 Å². The zero-order valence-electron chi connectivity index (χ0n) is 10.4. The average molecular weight is 270 g/mol. The number of carbonyl (C=O) groups excluding carboxylic acids is 1. The average Bonchev–Trinajstić information content (AvgIpc) is 2.81. The van der Waals surface area contributed by atoms with Gasteiger partial charge >= 0.3 is 0 Å². The molecule has 0 aromatic heterocycles. The maximum Gasteiger partial charge on any atom is 0.238 e. The number of hydrogen-bond acceptors (Lipinski definition) is 3. The van der Waals surface area contributed by atoms with Gasteiger partial charge in [0.2, 0.25) is 5.91 Å². The predicted molar refractivity (Wildman–Crippen MR) is 66.7 cm³/mol. The molecule has 0 unspecified atom stereocenters. The minimum Gasteiger partial charge on any atom is -0.395 e. The predicted octanol–water partition coefficient (Wildman–Crippen LogP) is 1.36. The van der Waals surface area contributed by atoms with Crippen molar-refractivity contribution < 1.29 is 18.7 Å². The van der Waals surface area contributed by atoms with E-state index in [1.165, 1.54) is 6.07 Å². The van der Waals surface area contributed by atoms with Gasteiger partial charge in [-0.15, -0.1) is 0 Å². The van der Waals surface area contributed by atoms with Crippen LogP contribution in [-0.4, -0.2) is 41.7 Å². The Labute approximate surface area is 110 Å². The maximum atomic E-state index is 13.4. The number of nitrogens with zero attached hydrogens (tertiary/aromatic N) is 1. The number of aliphatic hydroxyl groups excluding tert-OH is 1. The van der Waals surface area contributed by atoms with Crippen LogP contribution in [0.15, 0.2) is 18.2 Å². The molecule has 1 aromatic carbocycles. The molecule has 19 heavy (non-hydrogen) atoms. The van der Waals surface area contributed by atoms with Gasteiger partial charge < -0.3 is 10.4 Å². The van der Waals surface area contributed by atoms with Crippen molar-refractivity contribution in [2.24, 2.45) is 0 Å². The van der Waals surface area contributed by atoms with Gasteiger partial charge in [-0.3, -0.25) is 9.69 Å². The third-order valence-corrected chi connectivity index (χ3v) is 3.28. The molecule has 0 spiro atoms. The molecule has 4 nitrogen and oxygen atoms in total. The number of rotatable bonds is 4. The maximum absolute atomic E-state index is 13.4. The number of para-hydroxylation sites is 1. The number of amides is 1. The SMILES string of the molecule is O=C(CN1CCC[C@H]1CO)Nc1c(F)cccc1F. The van der Waals surface area contributed by atoms with Crippen LogP contribution in [0.5, 0.6) is 0 Å². The van der Waals surface area contributed by atoms with Crippen LogP contribution in [0.4, 0.5) is 14.5 Å². The van der Waals surface area contributed by atoms with Gasteiger partial charge in [0.15, 0.2) is 0 Å². The summed E-state index contributed by atoms with van der Waals surface area (Å²) in [4.78, 5) is 13.6. The quantitative estimate of drug-likeness (QED) is 0.868. The van der Waals surface area contributed by atoms with E-state index in [1.807, 2.05) is 4.90 Å². The molecule has 1 atom stereocenters. The highest BCUT2D eigenvalue weighted by Gasteiger charge is 2.25. The lowest BCUT2D eigenvalue weighted by Crippen LogP contribution is -2.38. The molecule has 0 saturated carbocycles. The van der Waals surface area contributed by atoms with Crippen LogP contribution in [0.1, 0.15) is 12.8 Å². The molecule has 0 bridgehead atoms. The Bertz CT molecular complexity index is 448. The summed E-state index contributed by atoms with van der Waals surface area (Å²) in [5, 5.41) is 11.4. The summed E-state index contributed by atoms with van der Waals surface area (Å²) in [6.45, 7) is 0.721. The molecular weight excluding hydrogens is 254 g/mol. The van der Waals surface area contributed by atoms with Crippen molar-refractivity contribution in [2.45, 2.75) is 18.9 Å². The number of nitrogens with one attached hydrogen (secondary N) is 1. The first-order valence-corrected chi connectivity index (χ1v) is 6.20. The van der Waals surface area contributed by atoms with Crippen LogP contribution >= 0.6 is 0 Å². The third kappa shape index (κ3) is 3.27. The van der Waals surface area contributed by atoms with Crippen molar-refractivity contribution in [3.63, 3.8) is 0 Å². The molecule has 1 aliphatic heterocycles. The summed E-state index contributed by atoms with van der Waals surface area (Å²) in [6.07, 6.45) is 1.74. The highest BCUT2D eigenvalue weighted by atomic mass is 19.1. The monoisotopic (exact) mass is 270 g/mol. The molecule has 0 aliphatic carbocycles. The zero-order valence-corrected chi connectivity index (χ0v) is 10.4. The largest absolute Gasteiger partial charge is 0.395 e. The Hall–Kier alpha value is -1.53. The summed E-state index contributed by atoms with van der Waals surface area (Å²) in [5.74, 6) is -2.08. The minimum absolute atomic E-state index is 0.0126. The van der Waals surface area contributed by atoms with Gasteiger partial charge in [0.1, 0.15) is 17.3 Å². The molecule has 1 fully saturated rings. The first-order valence-electron chi connectivity index (χ1n) is 6.20. The fourth-order valence-corrected chi connectivity index (χ4v) is 2.29. The Kier molecular flexibility index (Phi) is 4.44. The summed E-state index contributed by atoms with van der Waals surface area (Å²) < 4.78 is 26.7. The topological polar surface area (TPSA) is 52.6 Å². The molecule has 2 N–H and O–H groups in total. The number of anilines is 1. The lowest BCUT2D eigenvalue weighted by molar-refractivity contribution is -0.117. The van der Waals surface area contributed by atoms with Crippen LogP contribution in [0.2, 0.25) is 0 Å². The first-order chi connectivity index (χ1) is 9.11. The molecule has 104 valence electrons. The van der Waals surface area contributed by atoms with Crippen molar-refractivity contribution >= 4 is 11.6 Å². The van der Waals surface area contributed by atoms with E-state index < -0.39 is 23.2 Å². The fourth-order valence-electron chi connectivity index (χ4n) is 2.29. The summed E-state index contributed by atoms with van der Waals surface area (Å²) >= 11 is 0. The molecule has 0 radical (unpaired) electrons. The molecule has 1 aromatic rings. The number of halogens is 2. The number of likely N-dealkylation sites (tertiary alicyclic amines) is 1. The number of aliphatic hydroxyl groups is 1. The van der Waals surface area contributed by atoms with Crippen LogP contribution in [0.25, 0.3) is 0 Å². The van der Waals surface area contributed by atoms with Gasteiger partial charge in [-0.25, -0.2) is 8.78 Å². The van der Waals surface area contributed by atoms with Crippen molar-refractivity contribution in [1.29, 1.82) is 0 Å². The van der Waals surface area contributed by atoms with Crippen LogP contribution in [0.3, 0.4) is 0 Å². The molecule has 1 saturated heterocycles. The minimum atomic E-state index is -0.798. The Morgan fingerprint density at radius 2 is 2.11 bits per heavy atom. The molecule has 1 heterocycles. The van der Waals surface area contributed by atoms with E-state index in [1.54, 1.807) is 0 Å². The highest BCUT2D eigenvalue weighted by Crippen LogP contribution is 2.19. The van der Waals surface area contributed by atoms with Gasteiger partial charge in [-0.05, 0) is 31.5 Å². The summed E-state index contributed by atoms with van der Waals surface area (Å²) in [6, 6.07) is 3.37. The zero-order chi connectivity index (χ0) is 13.8. The van der Waals surface area contributed by atoms with Crippen molar-refractivity contribution in [3.8, 4) is 0 Å². The second-order valence-electron chi connectivity index (χ2n) is 4.59. The van der Waals surface area contributed by atoms with Crippen molar-refractivity contribution in [2.75, 3.05) is 25.0 Å². The second kappa shape index (κ2) is 6.08. The molecule has 1 aliphatic rings. The van der Waals surface area contributed by atoms with Gasteiger partial charge in [0.25, 0.3) is 0 Å². The lowest BCUT2D eigenvalue weighted by atomic mass is 10.2. The number of benzene rings is 1. The van der Waals surface area contributed by atoms with E-state index in [4.69, 9.17) is 5.11 Å². The van der Waals surface area contributed by atoms with Crippen LogP contribution in [-0.2, 0) is 4.79 Å². The molecule has 2 rings (SSSR count). The van der Waals surface area contributed by atoms with Gasteiger partial charge in [-0.1, -0.05) is 6.07 Å². The smallest absolute Gasteiger partial charge is 0.238 e. The lowest BCUT2D eigenvalue weighted by Gasteiger charge is -2.21. The van der Waals surface area contributed by atoms with E-state index >= 15 is 0 Å². The Morgan fingerprint density at radius 3 is 2.74 bits per heavy atom. The fraction of sp³-hybridized carbons (Fsp3) is 0.462. The van der Waals surface area contributed by atoms with Gasteiger partial charge in [0.05, 0.1) is 13.2 Å². The van der Waals surface area contributed by atoms with E-state index in [9.17, 15) is 13.6 Å². The molecular formula is C13H16F2N2O2. The molecule has 1 amide bonds. The second-order valence-corrected chi connectivity index (χ2v) is 4.59. The summed E-state index contributed by atoms with van der Waals surface area (Å²) in [5.41, 5.74) is -0.424. The van der Waals surface area contributed by atoms with E-state index in [-0.39, 0.29) is 19.2 Å². The van der Waals surface area contributed by atoms with Gasteiger partial charge in [0, 0.05) is 6.04 Å². The van der Waals surface area contributed by atoms with E-state index in [2.05, 4.69) is 5.32 Å². The van der Waals surface area contributed by atoms with Crippen molar-refractivity contribution in [3.05, 3.63) is 29.8 Å². The third-order valence-electron chi connectivity index (χ3n) is 3.28. The Morgan fingerprint density at radius 1 is 1.42 bits per heavy atom. The first kappa shape index (κ1) is 13.9. The van der Waals surface area contributed by atoms with Crippen LogP contribution < -0.4 is 5.32 Å². The van der Waals surface area contributed by atoms with Crippen LogP contribution in [0, 0.1) is 11.6 Å². The number of hydrogen-bond donors (Lipinski definition) is 2. The normalized spacial score (nSPS) is 19.6. The molecule has 6 heteroatoms.